The third kappa shape index (κ3) is 8.38. The maximum atomic E-state index is 10.5. The molecule has 75 valence electrons. The van der Waals surface area contributed by atoms with Crippen molar-refractivity contribution < 1.29 is 24.2 Å². The number of ether oxygens (including phenoxy) is 2. The first-order chi connectivity index (χ1) is 6.16. The molecule has 0 aromatic rings. The Balaban J connectivity index is 3.16. The summed E-state index contributed by atoms with van der Waals surface area (Å²) < 4.78 is 8.78. The molecular formula is C6H10NO6. The normalized spacial score (nSPS) is 9.00. The van der Waals surface area contributed by atoms with Crippen LogP contribution in [-0.2, 0) is 14.3 Å². The largest absolute Gasteiger partial charge is 0.508 e. The molecule has 0 aliphatic heterocycles. The second kappa shape index (κ2) is 7.14. The predicted molar refractivity (Wildman–Crippen MR) is 40.2 cm³/mol. The summed E-state index contributed by atoms with van der Waals surface area (Å²) in [5.74, 6) is 0. The molecule has 0 spiro atoms. The summed E-state index contributed by atoms with van der Waals surface area (Å²) in [6.45, 7) is 3.16. The fraction of sp³-hybridized carbons (Fsp3) is 0.667. The molecule has 0 rings (SSSR count). The van der Waals surface area contributed by atoms with Crippen LogP contribution < -0.4 is 0 Å². The average molecular weight is 192 g/mol. The molecular weight excluding hydrogens is 182 g/mol. The van der Waals surface area contributed by atoms with Gasteiger partial charge in [0.1, 0.15) is 0 Å². The minimum atomic E-state index is -0.908. The van der Waals surface area contributed by atoms with Gasteiger partial charge in [-0.15, -0.1) is 10.1 Å². The molecule has 0 unspecified atom stereocenters. The number of carbonyl (C=O) groups is 1. The van der Waals surface area contributed by atoms with Crippen LogP contribution >= 0.6 is 0 Å². The zero-order valence-corrected chi connectivity index (χ0v) is 6.93. The van der Waals surface area contributed by atoms with Crippen molar-refractivity contribution >= 4 is 6.16 Å². The number of rotatable bonds is 6. The molecule has 7 nitrogen and oxygen atoms in total. The van der Waals surface area contributed by atoms with Gasteiger partial charge in [-0.05, 0) is 6.92 Å². The van der Waals surface area contributed by atoms with Crippen molar-refractivity contribution in [1.82, 2.24) is 0 Å². The lowest BCUT2D eigenvalue weighted by Crippen LogP contribution is -2.10. The van der Waals surface area contributed by atoms with Crippen molar-refractivity contribution in [2.75, 3.05) is 19.8 Å². The Bertz CT molecular complexity index is 171. The lowest BCUT2D eigenvalue weighted by Gasteiger charge is -2.02. The summed E-state index contributed by atoms with van der Waals surface area (Å²) in [4.78, 5) is 24.1. The second-order valence-electron chi connectivity index (χ2n) is 1.86. The molecule has 0 saturated carbocycles. The molecule has 13 heavy (non-hydrogen) atoms. The smallest absolute Gasteiger partial charge is 0.434 e. The first-order valence-corrected chi connectivity index (χ1v) is 3.53. The highest BCUT2D eigenvalue weighted by Crippen LogP contribution is 1.89. The van der Waals surface area contributed by atoms with Gasteiger partial charge in [-0.2, -0.15) is 0 Å². The van der Waals surface area contributed by atoms with E-state index in [9.17, 15) is 14.9 Å². The van der Waals surface area contributed by atoms with Crippen LogP contribution in [0.25, 0.3) is 0 Å². The molecule has 0 aliphatic carbocycles. The van der Waals surface area contributed by atoms with Gasteiger partial charge in [0, 0.05) is 6.42 Å². The number of carbonyl (C=O) groups excluding carboxylic acids is 1. The molecule has 0 aliphatic rings. The summed E-state index contributed by atoms with van der Waals surface area (Å²) in [7, 11) is 0. The van der Waals surface area contributed by atoms with Crippen LogP contribution in [0.3, 0.4) is 0 Å². The lowest BCUT2D eigenvalue weighted by molar-refractivity contribution is -0.757. The molecule has 0 aromatic carbocycles. The van der Waals surface area contributed by atoms with E-state index in [0.29, 0.717) is 0 Å². The van der Waals surface area contributed by atoms with Gasteiger partial charge in [0.2, 0.25) is 0 Å². The predicted octanol–water partition coefficient (Wildman–Crippen LogP) is 0.572. The Labute approximate surface area is 74.7 Å². The highest BCUT2D eigenvalue weighted by molar-refractivity contribution is 5.59. The average Bonchev–Trinajstić information content (AvgIpc) is 2.03. The van der Waals surface area contributed by atoms with Crippen LogP contribution in [0.5, 0.6) is 0 Å². The van der Waals surface area contributed by atoms with Crippen molar-refractivity contribution in [2.45, 2.75) is 6.42 Å². The molecule has 0 N–H and O–H groups in total. The van der Waals surface area contributed by atoms with Crippen LogP contribution in [0.15, 0.2) is 0 Å². The molecule has 0 fully saturated rings. The zero-order chi connectivity index (χ0) is 10.1. The molecule has 0 heterocycles. The monoisotopic (exact) mass is 192 g/mol. The first-order valence-electron chi connectivity index (χ1n) is 3.53. The third-order valence-corrected chi connectivity index (χ3v) is 0.925. The van der Waals surface area contributed by atoms with Crippen molar-refractivity contribution in [1.29, 1.82) is 0 Å². The molecule has 0 saturated heterocycles. The van der Waals surface area contributed by atoms with E-state index in [2.05, 4.69) is 21.2 Å². The Hall–Kier alpha value is -1.53. The van der Waals surface area contributed by atoms with Gasteiger partial charge in [-0.3, -0.25) is 0 Å². The van der Waals surface area contributed by atoms with Crippen molar-refractivity contribution in [3.8, 4) is 0 Å². The molecule has 7 heteroatoms. The van der Waals surface area contributed by atoms with Gasteiger partial charge in [0.15, 0.2) is 0 Å². The SMILES string of the molecule is [CH2]COC(=O)OCCCO[N+](=O)[O-]. The topological polar surface area (TPSA) is 87.9 Å². The van der Waals surface area contributed by atoms with Crippen molar-refractivity contribution in [3.63, 3.8) is 0 Å². The van der Waals surface area contributed by atoms with Crippen LogP contribution in [0, 0.1) is 17.0 Å². The van der Waals surface area contributed by atoms with E-state index in [-0.39, 0.29) is 26.2 Å². The molecule has 0 aromatic heterocycles. The standard InChI is InChI=1S/C6H10NO6/c1-2-11-6(8)12-4-3-5-13-7(9)10/h1-5H2. The molecule has 0 atom stereocenters. The fourth-order valence-electron chi connectivity index (χ4n) is 0.479. The van der Waals surface area contributed by atoms with Gasteiger partial charge in [0.05, 0.1) is 19.8 Å². The zero-order valence-electron chi connectivity index (χ0n) is 6.93. The van der Waals surface area contributed by atoms with Crippen molar-refractivity contribution in [2.24, 2.45) is 0 Å². The van der Waals surface area contributed by atoms with Gasteiger partial charge in [-0.25, -0.2) is 4.79 Å². The van der Waals surface area contributed by atoms with E-state index in [4.69, 9.17) is 0 Å². The number of nitrogens with zero attached hydrogens (tertiary/aromatic N) is 1. The van der Waals surface area contributed by atoms with E-state index < -0.39 is 11.2 Å². The highest BCUT2D eigenvalue weighted by Gasteiger charge is 2.01. The minimum Gasteiger partial charge on any atom is -0.434 e. The molecule has 0 amide bonds. The Morgan fingerprint density at radius 2 is 2.08 bits per heavy atom. The second-order valence-corrected chi connectivity index (χ2v) is 1.86. The third-order valence-electron chi connectivity index (χ3n) is 0.925. The van der Waals surface area contributed by atoms with Gasteiger partial charge in [0.25, 0.3) is 5.09 Å². The number of hydrogen-bond acceptors (Lipinski definition) is 6. The van der Waals surface area contributed by atoms with E-state index in [0.717, 1.165) is 0 Å². The van der Waals surface area contributed by atoms with Crippen LogP contribution in [-0.4, -0.2) is 31.1 Å². The van der Waals surface area contributed by atoms with Crippen LogP contribution in [0.4, 0.5) is 4.79 Å². The van der Waals surface area contributed by atoms with E-state index >= 15 is 0 Å². The van der Waals surface area contributed by atoms with Crippen LogP contribution in [0.2, 0.25) is 0 Å². The van der Waals surface area contributed by atoms with Gasteiger partial charge in [-0.1, -0.05) is 0 Å². The Morgan fingerprint density at radius 3 is 2.62 bits per heavy atom. The first kappa shape index (κ1) is 11.5. The minimum absolute atomic E-state index is 0.00969. The van der Waals surface area contributed by atoms with Gasteiger partial charge >= 0.3 is 6.16 Å². The maximum absolute atomic E-state index is 10.5. The van der Waals surface area contributed by atoms with E-state index in [1.165, 1.54) is 0 Å². The Kier molecular flexibility index (Phi) is 6.30. The Morgan fingerprint density at radius 1 is 1.38 bits per heavy atom. The maximum Gasteiger partial charge on any atom is 0.508 e. The van der Waals surface area contributed by atoms with E-state index in [1.54, 1.807) is 0 Å². The van der Waals surface area contributed by atoms with Crippen LogP contribution in [0.1, 0.15) is 6.42 Å². The summed E-state index contributed by atoms with van der Waals surface area (Å²) in [6, 6.07) is 0. The van der Waals surface area contributed by atoms with Crippen molar-refractivity contribution in [3.05, 3.63) is 17.0 Å². The number of hydrogen-bond donors (Lipinski definition) is 0. The van der Waals surface area contributed by atoms with Gasteiger partial charge < -0.3 is 14.3 Å². The lowest BCUT2D eigenvalue weighted by atomic mass is 10.5. The summed E-state index contributed by atoms with van der Waals surface area (Å²) >= 11 is 0. The molecule has 1 radical (unpaired) electrons. The summed E-state index contributed by atoms with van der Waals surface area (Å²) in [5, 5.41) is 8.73. The highest BCUT2D eigenvalue weighted by atomic mass is 16.9. The van der Waals surface area contributed by atoms with E-state index in [1.807, 2.05) is 0 Å². The fourth-order valence-corrected chi connectivity index (χ4v) is 0.479. The summed E-state index contributed by atoms with van der Waals surface area (Å²) in [5.41, 5.74) is 0. The molecule has 0 bridgehead atoms. The summed E-state index contributed by atoms with van der Waals surface area (Å²) in [6.07, 6.45) is -0.594. The quantitative estimate of drug-likeness (QED) is 0.264.